The summed E-state index contributed by atoms with van der Waals surface area (Å²) in [5.41, 5.74) is 3.43. The first-order valence-corrected chi connectivity index (χ1v) is 5.92. The lowest BCUT2D eigenvalue weighted by Crippen LogP contribution is -2.28. The molecule has 0 saturated carbocycles. The van der Waals surface area contributed by atoms with Gasteiger partial charge in [-0.1, -0.05) is 17.7 Å². The van der Waals surface area contributed by atoms with Crippen molar-refractivity contribution in [2.24, 2.45) is 0 Å². The van der Waals surface area contributed by atoms with Crippen LogP contribution >= 0.6 is 0 Å². The zero-order valence-electron chi connectivity index (χ0n) is 11.7. The van der Waals surface area contributed by atoms with Crippen LogP contribution in [0.4, 0.5) is 4.79 Å². The summed E-state index contributed by atoms with van der Waals surface area (Å²) in [6.07, 6.45) is 0.426. The third-order valence-corrected chi connectivity index (χ3v) is 2.90. The Hall–Kier alpha value is -1.71. The number of aryl methyl sites for hydroxylation is 2. The van der Waals surface area contributed by atoms with Crippen LogP contribution in [0.2, 0.25) is 0 Å². The molecule has 4 nitrogen and oxygen atoms in total. The number of benzene rings is 1. The van der Waals surface area contributed by atoms with E-state index >= 15 is 0 Å². The second-order valence-corrected chi connectivity index (χ2v) is 4.42. The fraction of sp³-hybridized carbons (Fsp3) is 0.500. The largest absolute Gasteiger partial charge is 0.496 e. The fourth-order valence-electron chi connectivity index (χ4n) is 2.06. The van der Waals surface area contributed by atoms with Gasteiger partial charge in [0.05, 0.1) is 14.2 Å². The Morgan fingerprint density at radius 3 is 2.50 bits per heavy atom. The minimum absolute atomic E-state index is 0.321. The fourth-order valence-corrected chi connectivity index (χ4v) is 2.06. The van der Waals surface area contributed by atoms with Crippen molar-refractivity contribution in [1.29, 1.82) is 0 Å². The van der Waals surface area contributed by atoms with Gasteiger partial charge in [0.15, 0.2) is 0 Å². The highest BCUT2D eigenvalue weighted by molar-refractivity contribution is 5.67. The van der Waals surface area contributed by atoms with Crippen molar-refractivity contribution in [1.82, 2.24) is 4.90 Å². The van der Waals surface area contributed by atoms with Gasteiger partial charge in [0.2, 0.25) is 0 Å². The van der Waals surface area contributed by atoms with Crippen molar-refractivity contribution in [2.75, 3.05) is 27.8 Å². The number of rotatable bonds is 4. The summed E-state index contributed by atoms with van der Waals surface area (Å²) in [7, 11) is 4.78. The highest BCUT2D eigenvalue weighted by Crippen LogP contribution is 2.25. The van der Waals surface area contributed by atoms with Gasteiger partial charge < -0.3 is 14.4 Å². The van der Waals surface area contributed by atoms with E-state index in [2.05, 4.69) is 23.8 Å². The topological polar surface area (TPSA) is 38.8 Å². The summed E-state index contributed by atoms with van der Waals surface area (Å²) in [6.45, 7) is 4.69. The first kappa shape index (κ1) is 14.4. The Kier molecular flexibility index (Phi) is 5.01. The average molecular weight is 251 g/mol. The van der Waals surface area contributed by atoms with Gasteiger partial charge in [-0.25, -0.2) is 4.79 Å². The number of carbonyl (C=O) groups is 1. The predicted octanol–water partition coefficient (Wildman–Crippen LogP) is 2.55. The number of hydrogen-bond acceptors (Lipinski definition) is 3. The molecule has 0 aliphatic rings. The minimum Gasteiger partial charge on any atom is -0.496 e. The number of hydrogen-bond donors (Lipinski definition) is 0. The molecule has 0 spiro atoms. The molecule has 0 fully saturated rings. The lowest BCUT2D eigenvalue weighted by atomic mass is 10.0. The highest BCUT2D eigenvalue weighted by atomic mass is 16.5. The van der Waals surface area contributed by atoms with Crippen molar-refractivity contribution >= 4 is 6.09 Å². The van der Waals surface area contributed by atoms with Crippen molar-refractivity contribution in [3.05, 3.63) is 28.8 Å². The van der Waals surface area contributed by atoms with E-state index in [1.54, 1.807) is 19.1 Å². The van der Waals surface area contributed by atoms with Gasteiger partial charge in [-0.05, 0) is 31.4 Å². The first-order chi connectivity index (χ1) is 8.49. The van der Waals surface area contributed by atoms with E-state index in [4.69, 9.17) is 4.74 Å². The van der Waals surface area contributed by atoms with Gasteiger partial charge in [0.25, 0.3) is 0 Å². The second-order valence-electron chi connectivity index (χ2n) is 4.42. The Morgan fingerprint density at radius 1 is 1.28 bits per heavy atom. The van der Waals surface area contributed by atoms with Gasteiger partial charge in [-0.3, -0.25) is 0 Å². The smallest absolute Gasteiger partial charge is 0.409 e. The molecule has 0 N–H and O–H groups in total. The SMILES string of the molecule is COC(=O)N(C)CCc1cc(C)cc(C)c1OC. The maximum atomic E-state index is 11.3. The van der Waals surface area contributed by atoms with E-state index in [1.807, 2.05) is 6.92 Å². The number of ether oxygens (including phenoxy) is 2. The van der Waals surface area contributed by atoms with Gasteiger partial charge >= 0.3 is 6.09 Å². The molecule has 0 radical (unpaired) electrons. The summed E-state index contributed by atoms with van der Waals surface area (Å²) in [5, 5.41) is 0. The molecule has 1 aromatic rings. The summed E-state index contributed by atoms with van der Waals surface area (Å²) in [4.78, 5) is 12.8. The summed E-state index contributed by atoms with van der Waals surface area (Å²) in [5.74, 6) is 0.902. The molecule has 0 aliphatic carbocycles. The van der Waals surface area contributed by atoms with Crippen LogP contribution in [0, 0.1) is 13.8 Å². The minimum atomic E-state index is -0.321. The van der Waals surface area contributed by atoms with Gasteiger partial charge in [-0.15, -0.1) is 0 Å². The zero-order chi connectivity index (χ0) is 13.7. The molecular formula is C14H21NO3. The van der Waals surface area contributed by atoms with E-state index in [0.29, 0.717) is 6.54 Å². The molecule has 4 heteroatoms. The molecule has 0 heterocycles. The van der Waals surface area contributed by atoms with Crippen LogP contribution in [-0.4, -0.2) is 38.8 Å². The quantitative estimate of drug-likeness (QED) is 0.825. The molecule has 0 atom stereocenters. The van der Waals surface area contributed by atoms with Crippen molar-refractivity contribution < 1.29 is 14.3 Å². The van der Waals surface area contributed by atoms with Crippen LogP contribution in [0.1, 0.15) is 16.7 Å². The monoisotopic (exact) mass is 251 g/mol. The van der Waals surface area contributed by atoms with Crippen molar-refractivity contribution in [2.45, 2.75) is 20.3 Å². The lowest BCUT2D eigenvalue weighted by Gasteiger charge is -2.17. The molecule has 1 aromatic carbocycles. The summed E-state index contributed by atoms with van der Waals surface area (Å²) in [6, 6.07) is 4.18. The Labute approximate surface area is 108 Å². The number of nitrogens with zero attached hydrogens (tertiary/aromatic N) is 1. The number of methoxy groups -OCH3 is 2. The molecule has 0 saturated heterocycles. The number of carbonyl (C=O) groups excluding carboxylic acids is 1. The van der Waals surface area contributed by atoms with E-state index in [-0.39, 0.29) is 6.09 Å². The number of amides is 1. The standard InChI is InChI=1S/C14H21NO3/c1-10-8-11(2)13(17-4)12(9-10)6-7-15(3)14(16)18-5/h8-9H,6-7H2,1-5H3. The van der Waals surface area contributed by atoms with Crippen LogP contribution in [0.5, 0.6) is 5.75 Å². The van der Waals surface area contributed by atoms with Gasteiger partial charge in [-0.2, -0.15) is 0 Å². The van der Waals surface area contributed by atoms with E-state index in [1.165, 1.54) is 12.7 Å². The molecular weight excluding hydrogens is 230 g/mol. The van der Waals surface area contributed by atoms with Crippen LogP contribution in [-0.2, 0) is 11.2 Å². The molecule has 0 bridgehead atoms. The molecule has 1 amide bonds. The molecule has 0 unspecified atom stereocenters. The zero-order valence-corrected chi connectivity index (χ0v) is 11.7. The Bertz CT molecular complexity index is 429. The lowest BCUT2D eigenvalue weighted by molar-refractivity contribution is 0.134. The van der Waals surface area contributed by atoms with Crippen molar-refractivity contribution in [3.8, 4) is 5.75 Å². The maximum absolute atomic E-state index is 11.3. The third-order valence-electron chi connectivity index (χ3n) is 2.90. The van der Waals surface area contributed by atoms with Gasteiger partial charge in [0, 0.05) is 13.6 Å². The predicted molar refractivity (Wildman–Crippen MR) is 71.2 cm³/mol. The normalized spacial score (nSPS) is 10.1. The van der Waals surface area contributed by atoms with Crippen LogP contribution in [0.3, 0.4) is 0 Å². The molecule has 100 valence electrons. The molecule has 0 aliphatic heterocycles. The highest BCUT2D eigenvalue weighted by Gasteiger charge is 2.11. The Balaban J connectivity index is 2.81. The molecule has 1 rings (SSSR count). The maximum Gasteiger partial charge on any atom is 0.409 e. The second kappa shape index (κ2) is 6.28. The van der Waals surface area contributed by atoms with E-state index in [9.17, 15) is 4.79 Å². The first-order valence-electron chi connectivity index (χ1n) is 5.92. The van der Waals surface area contributed by atoms with Crippen LogP contribution < -0.4 is 4.74 Å². The average Bonchev–Trinajstić information content (AvgIpc) is 2.34. The van der Waals surface area contributed by atoms with E-state index in [0.717, 1.165) is 23.3 Å². The van der Waals surface area contributed by atoms with Crippen LogP contribution in [0.15, 0.2) is 12.1 Å². The van der Waals surface area contributed by atoms with Gasteiger partial charge in [0.1, 0.15) is 5.75 Å². The Morgan fingerprint density at radius 2 is 1.94 bits per heavy atom. The number of likely N-dealkylation sites (N-methyl/N-ethyl adjacent to an activating group) is 1. The van der Waals surface area contributed by atoms with Crippen LogP contribution in [0.25, 0.3) is 0 Å². The molecule has 0 aromatic heterocycles. The summed E-state index contributed by atoms with van der Waals surface area (Å²) < 4.78 is 10.1. The summed E-state index contributed by atoms with van der Waals surface area (Å²) >= 11 is 0. The van der Waals surface area contributed by atoms with E-state index < -0.39 is 0 Å². The van der Waals surface area contributed by atoms with Crippen molar-refractivity contribution in [3.63, 3.8) is 0 Å². The molecule has 18 heavy (non-hydrogen) atoms. The third kappa shape index (κ3) is 3.39.